The maximum atomic E-state index is 13.3. The second-order valence-electron chi connectivity index (χ2n) is 4.98. The molecule has 0 aliphatic heterocycles. The molecule has 1 unspecified atom stereocenters. The highest BCUT2D eigenvalue weighted by Crippen LogP contribution is 2.26. The summed E-state index contributed by atoms with van der Waals surface area (Å²) in [5, 5.41) is 0. The van der Waals surface area contributed by atoms with Gasteiger partial charge in [-0.25, -0.2) is 4.39 Å². The average Bonchev–Trinajstić information content (AvgIpc) is 2.41. The van der Waals surface area contributed by atoms with Crippen LogP contribution >= 0.6 is 15.9 Å². The molecule has 0 fully saturated rings. The molecule has 2 rings (SSSR count). The number of aryl methyl sites for hydroxylation is 2. The molecule has 4 heteroatoms. The first-order valence-electron chi connectivity index (χ1n) is 6.49. The molecule has 0 spiro atoms. The minimum atomic E-state index is -0.252. The van der Waals surface area contributed by atoms with Crippen LogP contribution in [0.3, 0.4) is 0 Å². The first-order chi connectivity index (χ1) is 9.52. The van der Waals surface area contributed by atoms with Gasteiger partial charge in [-0.05, 0) is 70.6 Å². The van der Waals surface area contributed by atoms with Crippen molar-refractivity contribution in [3.8, 4) is 0 Å². The van der Waals surface area contributed by atoms with Crippen LogP contribution in [0, 0.1) is 19.7 Å². The van der Waals surface area contributed by atoms with Crippen molar-refractivity contribution >= 4 is 15.9 Å². The highest BCUT2D eigenvalue weighted by atomic mass is 79.9. The Bertz CT molecular complexity index is 593. The smallest absolute Gasteiger partial charge is 0.137 e. The maximum Gasteiger partial charge on any atom is 0.137 e. The second kappa shape index (κ2) is 6.48. The Morgan fingerprint density at radius 3 is 2.40 bits per heavy atom. The molecule has 106 valence electrons. The van der Waals surface area contributed by atoms with Gasteiger partial charge >= 0.3 is 0 Å². The number of halogens is 2. The molecule has 2 nitrogen and oxygen atoms in total. The summed E-state index contributed by atoms with van der Waals surface area (Å²) in [6.07, 6.45) is 0.709. The molecule has 0 radical (unpaired) electrons. The van der Waals surface area contributed by atoms with Gasteiger partial charge in [0.25, 0.3) is 0 Å². The summed E-state index contributed by atoms with van der Waals surface area (Å²) in [5.41, 5.74) is 7.51. The fourth-order valence-electron chi connectivity index (χ4n) is 2.52. The SMILES string of the molecule is Cc1cccc(C)c1C(Cc1ccc(F)c(Br)c1)NN. The maximum absolute atomic E-state index is 13.3. The molecule has 1 atom stereocenters. The molecule has 0 aliphatic carbocycles. The Labute approximate surface area is 127 Å². The standard InChI is InChI=1S/C16H18BrFN2/c1-10-4-3-5-11(2)16(10)15(20-19)9-12-6-7-14(18)13(17)8-12/h3-8,15,20H,9,19H2,1-2H3. The highest BCUT2D eigenvalue weighted by molar-refractivity contribution is 9.10. The Balaban J connectivity index is 2.31. The first kappa shape index (κ1) is 15.2. The summed E-state index contributed by atoms with van der Waals surface area (Å²) in [4.78, 5) is 0. The van der Waals surface area contributed by atoms with Gasteiger partial charge in [0, 0.05) is 0 Å². The van der Waals surface area contributed by atoms with Crippen LogP contribution in [0.1, 0.15) is 28.3 Å². The minimum absolute atomic E-state index is 0.00793. The number of benzene rings is 2. The van der Waals surface area contributed by atoms with Gasteiger partial charge < -0.3 is 0 Å². The molecule has 20 heavy (non-hydrogen) atoms. The molecule has 3 N–H and O–H groups in total. The van der Waals surface area contributed by atoms with Gasteiger partial charge in [-0.2, -0.15) is 0 Å². The topological polar surface area (TPSA) is 38.0 Å². The van der Waals surface area contributed by atoms with Crippen LogP contribution in [0.5, 0.6) is 0 Å². The van der Waals surface area contributed by atoms with Gasteiger partial charge in [-0.15, -0.1) is 0 Å². The van der Waals surface area contributed by atoms with E-state index in [1.165, 1.54) is 22.8 Å². The number of nitrogens with two attached hydrogens (primary N) is 1. The fraction of sp³-hybridized carbons (Fsp3) is 0.250. The lowest BCUT2D eigenvalue weighted by Crippen LogP contribution is -2.30. The van der Waals surface area contributed by atoms with E-state index in [4.69, 9.17) is 5.84 Å². The third-order valence-electron chi connectivity index (χ3n) is 3.52. The summed E-state index contributed by atoms with van der Waals surface area (Å²) in [5.74, 6) is 5.47. The molecule has 0 saturated heterocycles. The van der Waals surface area contributed by atoms with Gasteiger partial charge in [0.05, 0.1) is 10.5 Å². The van der Waals surface area contributed by atoms with E-state index >= 15 is 0 Å². The van der Waals surface area contributed by atoms with Crippen molar-refractivity contribution in [3.05, 3.63) is 68.9 Å². The highest BCUT2D eigenvalue weighted by Gasteiger charge is 2.15. The zero-order valence-corrected chi connectivity index (χ0v) is 13.2. The van der Waals surface area contributed by atoms with Crippen LogP contribution in [0.4, 0.5) is 4.39 Å². The number of rotatable bonds is 4. The Hall–Kier alpha value is -1.23. The molecule has 0 aromatic heterocycles. The third-order valence-corrected chi connectivity index (χ3v) is 4.12. The van der Waals surface area contributed by atoms with Crippen LogP contribution < -0.4 is 11.3 Å². The van der Waals surface area contributed by atoms with Crippen molar-refractivity contribution in [1.29, 1.82) is 0 Å². The molecule has 2 aromatic rings. The van der Waals surface area contributed by atoms with Crippen molar-refractivity contribution in [3.63, 3.8) is 0 Å². The zero-order chi connectivity index (χ0) is 14.7. The fourth-order valence-corrected chi connectivity index (χ4v) is 2.95. The van der Waals surface area contributed by atoms with Gasteiger partial charge in [-0.1, -0.05) is 24.3 Å². The molecular weight excluding hydrogens is 319 g/mol. The Morgan fingerprint density at radius 1 is 1.20 bits per heavy atom. The van der Waals surface area contributed by atoms with E-state index in [-0.39, 0.29) is 11.9 Å². The Kier molecular flexibility index (Phi) is 4.91. The second-order valence-corrected chi connectivity index (χ2v) is 5.83. The van der Waals surface area contributed by atoms with Crippen LogP contribution in [-0.2, 0) is 6.42 Å². The summed E-state index contributed by atoms with van der Waals surface area (Å²) in [6, 6.07) is 11.3. The molecule has 2 aromatic carbocycles. The normalized spacial score (nSPS) is 12.4. The first-order valence-corrected chi connectivity index (χ1v) is 7.28. The van der Waals surface area contributed by atoms with Crippen molar-refractivity contribution in [2.45, 2.75) is 26.3 Å². The minimum Gasteiger partial charge on any atom is -0.271 e. The van der Waals surface area contributed by atoms with Gasteiger partial charge in [-0.3, -0.25) is 11.3 Å². The summed E-state index contributed by atoms with van der Waals surface area (Å²) in [6.45, 7) is 4.15. The van der Waals surface area contributed by atoms with Crippen LogP contribution in [0.25, 0.3) is 0 Å². The van der Waals surface area contributed by atoms with Crippen molar-refractivity contribution in [2.75, 3.05) is 0 Å². The summed E-state index contributed by atoms with van der Waals surface area (Å²) < 4.78 is 13.8. The Morgan fingerprint density at radius 2 is 1.85 bits per heavy atom. The van der Waals surface area contributed by atoms with E-state index in [2.05, 4.69) is 47.3 Å². The van der Waals surface area contributed by atoms with Gasteiger partial charge in [0.15, 0.2) is 0 Å². The number of hydrogen-bond donors (Lipinski definition) is 2. The summed E-state index contributed by atoms with van der Waals surface area (Å²) >= 11 is 3.22. The van der Waals surface area contributed by atoms with Crippen molar-refractivity contribution < 1.29 is 4.39 Å². The van der Waals surface area contributed by atoms with E-state index in [0.717, 1.165) is 5.56 Å². The van der Waals surface area contributed by atoms with Gasteiger partial charge in [0.2, 0.25) is 0 Å². The molecule has 0 amide bonds. The van der Waals surface area contributed by atoms with Crippen molar-refractivity contribution in [1.82, 2.24) is 5.43 Å². The zero-order valence-electron chi connectivity index (χ0n) is 11.6. The molecular formula is C16H18BrFN2. The lowest BCUT2D eigenvalue weighted by molar-refractivity contribution is 0.545. The van der Waals surface area contributed by atoms with Crippen LogP contribution in [0.15, 0.2) is 40.9 Å². The molecule has 0 bridgehead atoms. The van der Waals surface area contributed by atoms with Crippen LogP contribution in [-0.4, -0.2) is 0 Å². The third kappa shape index (κ3) is 3.26. The molecule has 0 heterocycles. The number of nitrogens with one attached hydrogen (secondary N) is 1. The van der Waals surface area contributed by atoms with Gasteiger partial charge in [0.1, 0.15) is 5.82 Å². The number of hydrogen-bond acceptors (Lipinski definition) is 2. The van der Waals surface area contributed by atoms with E-state index in [1.807, 2.05) is 6.07 Å². The summed E-state index contributed by atoms with van der Waals surface area (Å²) in [7, 11) is 0. The predicted molar refractivity (Wildman–Crippen MR) is 83.8 cm³/mol. The average molecular weight is 337 g/mol. The number of hydrazine groups is 1. The molecule has 0 aliphatic rings. The van der Waals surface area contributed by atoms with E-state index in [0.29, 0.717) is 10.9 Å². The predicted octanol–water partition coefficient (Wildman–Crippen LogP) is 3.95. The largest absolute Gasteiger partial charge is 0.271 e. The lowest BCUT2D eigenvalue weighted by atomic mass is 9.92. The lowest BCUT2D eigenvalue weighted by Gasteiger charge is -2.21. The van der Waals surface area contributed by atoms with Crippen LogP contribution in [0.2, 0.25) is 0 Å². The van der Waals surface area contributed by atoms with Crippen molar-refractivity contribution in [2.24, 2.45) is 5.84 Å². The van der Waals surface area contributed by atoms with E-state index < -0.39 is 0 Å². The van der Waals surface area contributed by atoms with E-state index in [9.17, 15) is 4.39 Å². The quantitative estimate of drug-likeness (QED) is 0.655. The monoisotopic (exact) mass is 336 g/mol. The molecule has 0 saturated carbocycles. The van der Waals surface area contributed by atoms with E-state index in [1.54, 1.807) is 12.1 Å².